The topological polar surface area (TPSA) is 32.3 Å². The Kier molecular flexibility index (Phi) is 2.33. The number of nitrogens with one attached hydrogen (secondary N) is 1. The second-order valence-electron chi connectivity index (χ2n) is 4.38. The first-order chi connectivity index (χ1) is 6.63. The van der Waals surface area contributed by atoms with Gasteiger partial charge in [0, 0.05) is 13.1 Å². The molecule has 0 unspecified atom stereocenters. The molecule has 1 aromatic carbocycles. The highest BCUT2D eigenvalue weighted by Crippen LogP contribution is 2.31. The molecule has 2 nitrogen and oxygen atoms in total. The Balaban J connectivity index is 2.41. The van der Waals surface area contributed by atoms with Crippen LogP contribution in [0.25, 0.3) is 0 Å². The summed E-state index contributed by atoms with van der Waals surface area (Å²) in [6.45, 7) is 5.68. The monoisotopic (exact) mass is 191 g/mol. The highest BCUT2D eigenvalue weighted by Gasteiger charge is 2.37. The van der Waals surface area contributed by atoms with Crippen LogP contribution in [0.4, 0.5) is 0 Å². The lowest BCUT2D eigenvalue weighted by molar-refractivity contribution is -0.0156. The quantitative estimate of drug-likeness (QED) is 0.744. The number of aliphatic hydroxyl groups is 1. The fourth-order valence-corrected chi connectivity index (χ4v) is 1.98. The number of hydrogen-bond donors (Lipinski definition) is 2. The first-order valence-corrected chi connectivity index (χ1v) is 5.16. The third-order valence-electron chi connectivity index (χ3n) is 2.92. The molecule has 1 fully saturated rings. The van der Waals surface area contributed by atoms with Crippen LogP contribution < -0.4 is 5.32 Å². The smallest absolute Gasteiger partial charge is 0.115 e. The van der Waals surface area contributed by atoms with E-state index in [9.17, 15) is 5.11 Å². The van der Waals surface area contributed by atoms with Gasteiger partial charge in [0.2, 0.25) is 0 Å². The lowest BCUT2D eigenvalue weighted by Gasteiger charge is -2.39. The highest BCUT2D eigenvalue weighted by atomic mass is 16.3. The van der Waals surface area contributed by atoms with E-state index in [0.29, 0.717) is 19.0 Å². The number of β-amino-alcohol motifs (C(OH)–C–C–N with tert-alkyl or cyclic N) is 1. The van der Waals surface area contributed by atoms with Crippen molar-refractivity contribution in [3.8, 4) is 0 Å². The van der Waals surface area contributed by atoms with E-state index in [1.165, 1.54) is 5.56 Å². The van der Waals surface area contributed by atoms with E-state index >= 15 is 0 Å². The fourth-order valence-electron chi connectivity index (χ4n) is 1.98. The van der Waals surface area contributed by atoms with Gasteiger partial charge in [-0.15, -0.1) is 0 Å². The fraction of sp³-hybridized carbons (Fsp3) is 0.500. The Labute approximate surface area is 85.0 Å². The van der Waals surface area contributed by atoms with Gasteiger partial charge in [0.25, 0.3) is 0 Å². The molecule has 1 aliphatic heterocycles. The van der Waals surface area contributed by atoms with Gasteiger partial charge < -0.3 is 10.4 Å². The second-order valence-corrected chi connectivity index (χ2v) is 4.38. The molecule has 0 aromatic heterocycles. The minimum Gasteiger partial charge on any atom is -0.382 e. The molecule has 2 N–H and O–H groups in total. The normalized spacial score (nSPS) is 19.4. The summed E-state index contributed by atoms with van der Waals surface area (Å²) in [6.07, 6.45) is 0. The molecule has 1 heterocycles. The van der Waals surface area contributed by atoms with Gasteiger partial charge in [0.05, 0.1) is 0 Å². The van der Waals surface area contributed by atoms with Crippen LogP contribution >= 0.6 is 0 Å². The molecule has 0 bridgehead atoms. The lowest BCUT2D eigenvalue weighted by atomic mass is 9.82. The summed E-state index contributed by atoms with van der Waals surface area (Å²) < 4.78 is 0. The summed E-state index contributed by atoms with van der Waals surface area (Å²) in [6, 6.07) is 8.18. The maximum atomic E-state index is 10.2. The lowest BCUT2D eigenvalue weighted by Crippen LogP contribution is -2.57. The molecule has 1 aromatic rings. The van der Waals surface area contributed by atoms with Crippen molar-refractivity contribution in [1.82, 2.24) is 5.32 Å². The molecule has 0 atom stereocenters. The molecule has 2 rings (SSSR count). The van der Waals surface area contributed by atoms with Crippen molar-refractivity contribution in [2.75, 3.05) is 13.1 Å². The SMILES string of the molecule is CC(C)c1ccccc1C1(O)CNC1. The molecule has 0 radical (unpaired) electrons. The van der Waals surface area contributed by atoms with E-state index in [2.05, 4.69) is 25.2 Å². The predicted octanol–water partition coefficient (Wildman–Crippen LogP) is 1.60. The van der Waals surface area contributed by atoms with Crippen molar-refractivity contribution in [2.24, 2.45) is 0 Å². The summed E-state index contributed by atoms with van der Waals surface area (Å²) >= 11 is 0. The molecule has 0 aliphatic carbocycles. The summed E-state index contributed by atoms with van der Waals surface area (Å²) in [4.78, 5) is 0. The van der Waals surface area contributed by atoms with E-state index in [0.717, 1.165) is 5.56 Å². The van der Waals surface area contributed by atoms with Gasteiger partial charge in [-0.2, -0.15) is 0 Å². The van der Waals surface area contributed by atoms with Crippen molar-refractivity contribution in [2.45, 2.75) is 25.4 Å². The van der Waals surface area contributed by atoms with Crippen LogP contribution in [0.1, 0.15) is 30.9 Å². The molecule has 1 aliphatic rings. The van der Waals surface area contributed by atoms with Crippen molar-refractivity contribution in [1.29, 1.82) is 0 Å². The van der Waals surface area contributed by atoms with Gasteiger partial charge in [-0.25, -0.2) is 0 Å². The molecule has 76 valence electrons. The van der Waals surface area contributed by atoms with Crippen LogP contribution in [0.15, 0.2) is 24.3 Å². The van der Waals surface area contributed by atoms with Crippen molar-refractivity contribution in [3.05, 3.63) is 35.4 Å². The Morgan fingerprint density at radius 2 is 1.93 bits per heavy atom. The van der Waals surface area contributed by atoms with Crippen LogP contribution in [0.5, 0.6) is 0 Å². The minimum atomic E-state index is -0.624. The Morgan fingerprint density at radius 3 is 2.43 bits per heavy atom. The molecule has 2 heteroatoms. The van der Waals surface area contributed by atoms with Gasteiger partial charge in [-0.1, -0.05) is 38.1 Å². The van der Waals surface area contributed by atoms with Crippen LogP contribution in [0, 0.1) is 0 Å². The average Bonchev–Trinajstić information content (AvgIpc) is 2.14. The zero-order valence-electron chi connectivity index (χ0n) is 8.75. The molecule has 0 saturated carbocycles. The molecular formula is C12H17NO. The Bertz CT molecular complexity index is 329. The summed E-state index contributed by atoms with van der Waals surface area (Å²) in [5, 5.41) is 13.4. The first kappa shape index (κ1) is 9.69. The number of hydrogen-bond acceptors (Lipinski definition) is 2. The van der Waals surface area contributed by atoms with E-state index < -0.39 is 5.60 Å². The van der Waals surface area contributed by atoms with E-state index in [1.54, 1.807) is 0 Å². The van der Waals surface area contributed by atoms with E-state index in [-0.39, 0.29) is 0 Å². The molecule has 14 heavy (non-hydrogen) atoms. The zero-order chi connectivity index (χ0) is 10.2. The first-order valence-electron chi connectivity index (χ1n) is 5.16. The molecular weight excluding hydrogens is 174 g/mol. The van der Waals surface area contributed by atoms with Crippen molar-refractivity contribution in [3.63, 3.8) is 0 Å². The van der Waals surface area contributed by atoms with Crippen molar-refractivity contribution < 1.29 is 5.11 Å². The van der Waals surface area contributed by atoms with E-state index in [1.807, 2.05) is 18.2 Å². The van der Waals surface area contributed by atoms with Crippen molar-refractivity contribution >= 4 is 0 Å². The van der Waals surface area contributed by atoms with E-state index in [4.69, 9.17) is 0 Å². The zero-order valence-corrected chi connectivity index (χ0v) is 8.75. The highest BCUT2D eigenvalue weighted by molar-refractivity contribution is 5.36. The van der Waals surface area contributed by atoms with Gasteiger partial charge >= 0.3 is 0 Å². The molecule has 0 spiro atoms. The van der Waals surface area contributed by atoms with Crippen LogP contribution in [-0.2, 0) is 5.60 Å². The second kappa shape index (κ2) is 3.37. The maximum Gasteiger partial charge on any atom is 0.115 e. The van der Waals surface area contributed by atoms with Crippen LogP contribution in [0.3, 0.4) is 0 Å². The molecule has 0 amide bonds. The minimum absolute atomic E-state index is 0.468. The van der Waals surface area contributed by atoms with Crippen LogP contribution in [0.2, 0.25) is 0 Å². The average molecular weight is 191 g/mol. The predicted molar refractivity (Wildman–Crippen MR) is 57.3 cm³/mol. The number of benzene rings is 1. The third-order valence-corrected chi connectivity index (χ3v) is 2.92. The number of rotatable bonds is 2. The summed E-state index contributed by atoms with van der Waals surface area (Å²) in [5.74, 6) is 0.468. The van der Waals surface area contributed by atoms with Gasteiger partial charge in [0.1, 0.15) is 5.60 Å². The van der Waals surface area contributed by atoms with Crippen LogP contribution in [-0.4, -0.2) is 18.2 Å². The Hall–Kier alpha value is -0.860. The summed E-state index contributed by atoms with van der Waals surface area (Å²) in [5.41, 5.74) is 1.73. The standard InChI is InChI=1S/C12H17NO/c1-9(2)10-5-3-4-6-11(10)12(14)7-13-8-12/h3-6,9,13-14H,7-8H2,1-2H3. The molecule has 1 saturated heterocycles. The maximum absolute atomic E-state index is 10.2. The van der Waals surface area contributed by atoms with Gasteiger partial charge in [-0.3, -0.25) is 0 Å². The van der Waals surface area contributed by atoms with Gasteiger partial charge in [0.15, 0.2) is 0 Å². The summed E-state index contributed by atoms with van der Waals surface area (Å²) in [7, 11) is 0. The Morgan fingerprint density at radius 1 is 1.29 bits per heavy atom. The largest absolute Gasteiger partial charge is 0.382 e. The third kappa shape index (κ3) is 1.45. The van der Waals surface area contributed by atoms with Gasteiger partial charge in [-0.05, 0) is 17.0 Å².